The molecule has 0 saturated carbocycles. The smallest absolute Gasteiger partial charge is 0.191 e. The number of thiophene rings is 1. The quantitative estimate of drug-likeness (QED) is 0.339. The van der Waals surface area contributed by atoms with Gasteiger partial charge in [0.15, 0.2) is 5.96 Å². The minimum Gasteiger partial charge on any atom is -0.363 e. The number of aromatic nitrogens is 1. The number of aliphatic imine (C=N–C) groups is 1. The van der Waals surface area contributed by atoms with Crippen LogP contribution in [0.1, 0.15) is 43.3 Å². The Labute approximate surface area is 187 Å². The Hall–Kier alpha value is -0.870. The summed E-state index contributed by atoms with van der Waals surface area (Å²) in [5, 5.41) is 13.9. The summed E-state index contributed by atoms with van der Waals surface area (Å²) in [5.74, 6) is 1.41. The van der Waals surface area contributed by atoms with Crippen molar-refractivity contribution in [3.05, 3.63) is 33.6 Å². The van der Waals surface area contributed by atoms with Crippen molar-refractivity contribution in [2.75, 3.05) is 31.6 Å². The topological polar surface area (TPSA) is 52.6 Å². The van der Waals surface area contributed by atoms with E-state index in [9.17, 15) is 0 Å². The normalized spacial score (nSPS) is 15.7. The molecule has 0 amide bonds. The molecule has 0 aromatic carbocycles. The molecule has 2 aromatic heterocycles. The van der Waals surface area contributed by atoms with Crippen LogP contribution in [0.4, 0.5) is 5.00 Å². The highest BCUT2D eigenvalue weighted by Gasteiger charge is 2.20. The van der Waals surface area contributed by atoms with Crippen LogP contribution < -0.4 is 15.5 Å². The summed E-state index contributed by atoms with van der Waals surface area (Å²) in [6.07, 6.45) is 3.21. The van der Waals surface area contributed by atoms with E-state index in [1.54, 1.807) is 11.3 Å². The maximum Gasteiger partial charge on any atom is 0.191 e. The predicted molar refractivity (Wildman–Crippen MR) is 129 cm³/mol. The third kappa shape index (κ3) is 6.60. The van der Waals surface area contributed by atoms with Gasteiger partial charge in [0.1, 0.15) is 0 Å². The second kappa shape index (κ2) is 11.2. The van der Waals surface area contributed by atoms with Gasteiger partial charge in [-0.3, -0.25) is 4.99 Å². The fourth-order valence-corrected chi connectivity index (χ4v) is 4.75. The van der Waals surface area contributed by atoms with Gasteiger partial charge in [-0.25, -0.2) is 4.98 Å². The average molecular weight is 520 g/mol. The molecule has 150 valence electrons. The zero-order valence-corrected chi connectivity index (χ0v) is 20.2. The molecule has 3 rings (SSSR count). The zero-order valence-electron chi connectivity index (χ0n) is 16.3. The summed E-state index contributed by atoms with van der Waals surface area (Å²) in [5.41, 5.74) is 1.17. The summed E-state index contributed by atoms with van der Waals surface area (Å²) in [6.45, 7) is 7.44. The monoisotopic (exact) mass is 519 g/mol. The fraction of sp³-hybridized carbons (Fsp3) is 0.579. The van der Waals surface area contributed by atoms with Crippen molar-refractivity contribution in [1.82, 2.24) is 15.6 Å². The van der Waals surface area contributed by atoms with E-state index in [1.807, 2.05) is 18.4 Å². The Kier molecular flexibility index (Phi) is 9.31. The summed E-state index contributed by atoms with van der Waals surface area (Å²) < 4.78 is 0. The summed E-state index contributed by atoms with van der Waals surface area (Å²) in [6, 6.07) is 4.83. The molecule has 1 aliphatic rings. The Balaban J connectivity index is 0.00000261. The lowest BCUT2D eigenvalue weighted by molar-refractivity contribution is 0.463. The van der Waals surface area contributed by atoms with Crippen LogP contribution in [0.15, 0.2) is 27.9 Å². The number of rotatable bonds is 6. The number of anilines is 1. The fourth-order valence-electron chi connectivity index (χ4n) is 3.09. The van der Waals surface area contributed by atoms with Crippen molar-refractivity contribution in [3.63, 3.8) is 0 Å². The first-order valence-electron chi connectivity index (χ1n) is 9.35. The maximum atomic E-state index is 4.69. The average Bonchev–Trinajstić information content (AvgIpc) is 3.33. The predicted octanol–water partition coefficient (Wildman–Crippen LogP) is 4.32. The lowest BCUT2D eigenvalue weighted by atomic mass is 10.1. The molecule has 0 bridgehead atoms. The second-order valence-electron chi connectivity index (χ2n) is 6.94. The van der Waals surface area contributed by atoms with Gasteiger partial charge >= 0.3 is 0 Å². The van der Waals surface area contributed by atoms with Crippen molar-refractivity contribution in [2.24, 2.45) is 4.99 Å². The number of hydrogen-bond acceptors (Lipinski definition) is 5. The van der Waals surface area contributed by atoms with E-state index in [-0.39, 0.29) is 24.0 Å². The Morgan fingerprint density at radius 3 is 2.70 bits per heavy atom. The molecule has 1 aliphatic heterocycles. The highest BCUT2D eigenvalue weighted by molar-refractivity contribution is 14.0. The van der Waals surface area contributed by atoms with Crippen LogP contribution in [0.25, 0.3) is 0 Å². The van der Waals surface area contributed by atoms with Gasteiger partial charge in [-0.1, -0.05) is 13.8 Å². The molecule has 27 heavy (non-hydrogen) atoms. The van der Waals surface area contributed by atoms with Crippen molar-refractivity contribution in [1.29, 1.82) is 0 Å². The molecule has 0 radical (unpaired) electrons. The molecule has 2 N–H and O–H groups in total. The minimum atomic E-state index is 0. The summed E-state index contributed by atoms with van der Waals surface area (Å²) in [7, 11) is 1.84. The molecule has 0 spiro atoms. The van der Waals surface area contributed by atoms with E-state index in [0.29, 0.717) is 12.0 Å². The number of nitrogens with one attached hydrogen (secondary N) is 2. The van der Waals surface area contributed by atoms with Crippen LogP contribution in [-0.4, -0.2) is 43.7 Å². The number of nitrogens with zero attached hydrogens (tertiary/aromatic N) is 3. The van der Waals surface area contributed by atoms with Gasteiger partial charge in [-0.2, -0.15) is 0 Å². The van der Waals surface area contributed by atoms with E-state index in [4.69, 9.17) is 4.98 Å². The van der Waals surface area contributed by atoms with Crippen LogP contribution in [0.5, 0.6) is 0 Å². The van der Waals surface area contributed by atoms with Gasteiger partial charge in [0.25, 0.3) is 0 Å². The van der Waals surface area contributed by atoms with Crippen molar-refractivity contribution >= 4 is 57.6 Å². The number of halogens is 1. The van der Waals surface area contributed by atoms with Crippen LogP contribution in [0.2, 0.25) is 0 Å². The van der Waals surface area contributed by atoms with Gasteiger partial charge in [0.05, 0.1) is 15.7 Å². The van der Waals surface area contributed by atoms with E-state index in [0.717, 1.165) is 44.9 Å². The molecule has 8 heteroatoms. The van der Waals surface area contributed by atoms with E-state index in [2.05, 4.69) is 57.3 Å². The number of hydrogen-bond donors (Lipinski definition) is 2. The molecular weight excluding hydrogens is 489 g/mol. The summed E-state index contributed by atoms with van der Waals surface area (Å²) in [4.78, 5) is 11.6. The first-order valence-corrected chi connectivity index (χ1v) is 11.1. The van der Waals surface area contributed by atoms with Gasteiger partial charge in [0.2, 0.25) is 0 Å². The molecule has 1 saturated heterocycles. The number of guanidine groups is 1. The van der Waals surface area contributed by atoms with Gasteiger partial charge in [-0.05, 0) is 30.4 Å². The highest BCUT2D eigenvalue weighted by atomic mass is 127. The second-order valence-corrected chi connectivity index (χ2v) is 8.75. The maximum absolute atomic E-state index is 4.69. The third-order valence-electron chi connectivity index (χ3n) is 4.61. The van der Waals surface area contributed by atoms with E-state index >= 15 is 0 Å². The summed E-state index contributed by atoms with van der Waals surface area (Å²) >= 11 is 3.59. The zero-order chi connectivity index (χ0) is 18.4. The van der Waals surface area contributed by atoms with Crippen LogP contribution >= 0.6 is 46.7 Å². The van der Waals surface area contributed by atoms with Crippen molar-refractivity contribution in [2.45, 2.75) is 45.1 Å². The van der Waals surface area contributed by atoms with Gasteiger partial charge < -0.3 is 15.5 Å². The number of piperidine rings is 1. The molecule has 2 aromatic rings. The largest absolute Gasteiger partial charge is 0.363 e. The van der Waals surface area contributed by atoms with Crippen molar-refractivity contribution in [3.8, 4) is 0 Å². The molecular formula is C19H30IN5S2. The van der Waals surface area contributed by atoms with Crippen molar-refractivity contribution < 1.29 is 0 Å². The lowest BCUT2D eigenvalue weighted by Crippen LogP contribution is -2.49. The van der Waals surface area contributed by atoms with Crippen LogP contribution in [0.3, 0.4) is 0 Å². The molecule has 1 fully saturated rings. The third-order valence-corrected chi connectivity index (χ3v) is 6.74. The van der Waals surface area contributed by atoms with Crippen LogP contribution in [0, 0.1) is 0 Å². The number of thiazole rings is 1. The lowest BCUT2D eigenvalue weighted by Gasteiger charge is -2.33. The van der Waals surface area contributed by atoms with E-state index in [1.165, 1.54) is 15.7 Å². The molecule has 0 unspecified atom stereocenters. The van der Waals surface area contributed by atoms with Gasteiger partial charge in [0, 0.05) is 50.4 Å². The molecule has 0 atom stereocenters. The highest BCUT2D eigenvalue weighted by Crippen LogP contribution is 2.24. The standard InChI is InChI=1S/C19H29N5S2.HI/c1-14(2)18-22-16(13-26-18)6-9-21-19(20-3)23-15-7-10-24(11-8-15)17-5-4-12-25-17;/h4-5,12-15H,6-11H2,1-3H3,(H2,20,21,23);1H. The Morgan fingerprint density at radius 2 is 2.11 bits per heavy atom. The first-order chi connectivity index (χ1) is 12.7. The molecule has 5 nitrogen and oxygen atoms in total. The first kappa shape index (κ1) is 22.4. The molecule has 0 aliphatic carbocycles. The Bertz CT molecular complexity index is 691. The van der Waals surface area contributed by atoms with E-state index < -0.39 is 0 Å². The van der Waals surface area contributed by atoms with Crippen LogP contribution in [-0.2, 0) is 6.42 Å². The SMILES string of the molecule is CN=C(NCCc1csc(C(C)C)n1)NC1CCN(c2cccs2)CC1.I. The van der Waals surface area contributed by atoms with Gasteiger partial charge in [-0.15, -0.1) is 46.7 Å². The minimum absolute atomic E-state index is 0. The molecule has 3 heterocycles. The Morgan fingerprint density at radius 1 is 1.33 bits per heavy atom.